The summed E-state index contributed by atoms with van der Waals surface area (Å²) in [5.74, 6) is 0. The van der Waals surface area contributed by atoms with Crippen molar-refractivity contribution in [3.05, 3.63) is 48.5 Å². The minimum atomic E-state index is 0.158. The second kappa shape index (κ2) is 8.19. The maximum atomic E-state index is 6.64. The Morgan fingerprint density at radius 2 is 1.10 bits per heavy atom. The number of hydrogen-bond donors (Lipinski definition) is 1. The highest BCUT2D eigenvalue weighted by Gasteiger charge is 2.25. The van der Waals surface area contributed by atoms with Gasteiger partial charge in [-0.3, -0.25) is 0 Å². The predicted molar refractivity (Wildman–Crippen MR) is 184 cm³/mol. The van der Waals surface area contributed by atoms with Crippen LogP contribution >= 0.6 is 0 Å². The fourth-order valence-electron chi connectivity index (χ4n) is 6.66. The second-order valence-electron chi connectivity index (χ2n) is 10.6. The van der Waals surface area contributed by atoms with Crippen LogP contribution in [0.15, 0.2) is 48.5 Å². The van der Waals surface area contributed by atoms with Gasteiger partial charge >= 0.3 is 0 Å². The largest absolute Gasteiger partial charge is 0.355 e. The number of fused-ring (bicyclic) bond motifs is 10. The molecule has 0 aliphatic rings. The molecule has 0 saturated carbocycles. The van der Waals surface area contributed by atoms with Crippen molar-refractivity contribution in [1.82, 2.24) is 9.38 Å². The molecule has 0 amide bonds. The number of para-hydroxylation sites is 1. The Morgan fingerprint density at radius 3 is 1.83 bits per heavy atom. The Balaban J connectivity index is 1.73. The summed E-state index contributed by atoms with van der Waals surface area (Å²) in [6.45, 7) is 0. The molecule has 3 aromatic heterocycles. The van der Waals surface area contributed by atoms with Crippen LogP contribution in [0.3, 0.4) is 0 Å². The molecule has 8 aromatic rings. The van der Waals surface area contributed by atoms with Gasteiger partial charge in [0.1, 0.15) is 70.6 Å². The van der Waals surface area contributed by atoms with Crippen LogP contribution in [0.5, 0.6) is 0 Å². The summed E-state index contributed by atoms with van der Waals surface area (Å²) in [7, 11) is 57.7. The lowest BCUT2D eigenvalue weighted by Gasteiger charge is -2.22. The highest BCUT2D eigenvalue weighted by Crippen LogP contribution is 2.46. The van der Waals surface area contributed by atoms with Gasteiger partial charge in [-0.15, -0.1) is 27.3 Å². The molecule has 0 bridgehead atoms. The van der Waals surface area contributed by atoms with E-state index in [9.17, 15) is 0 Å². The highest BCUT2D eigenvalue weighted by atomic mass is 14.9. The van der Waals surface area contributed by atoms with Crippen molar-refractivity contribution in [3.8, 4) is 11.1 Å². The number of rotatable bonds is 1. The summed E-state index contributed by atoms with van der Waals surface area (Å²) in [5, 5.41) is 5.53. The van der Waals surface area contributed by atoms with Crippen LogP contribution < -0.4 is 49.2 Å². The van der Waals surface area contributed by atoms with Crippen LogP contribution in [-0.4, -0.2) is 80.0 Å². The highest BCUT2D eigenvalue weighted by molar-refractivity contribution is 6.70. The van der Waals surface area contributed by atoms with Crippen molar-refractivity contribution in [2.24, 2.45) is 0 Å². The van der Waals surface area contributed by atoms with Crippen LogP contribution in [0.2, 0.25) is 0 Å². The number of H-pyrrole nitrogens is 1. The Hall–Kier alpha value is -3.72. The first-order valence-electron chi connectivity index (χ1n) is 12.9. The quantitative estimate of drug-likeness (QED) is 0.240. The average Bonchev–Trinajstić information content (AvgIpc) is 3.64. The Bertz CT molecular complexity index is 2440. The Labute approximate surface area is 248 Å². The van der Waals surface area contributed by atoms with Crippen LogP contribution in [0.4, 0.5) is 0 Å². The van der Waals surface area contributed by atoms with Gasteiger partial charge in [0, 0.05) is 38.0 Å². The summed E-state index contributed by atoms with van der Waals surface area (Å²) in [6.07, 6.45) is 0. The molecule has 0 spiro atoms. The number of nitrogens with one attached hydrogen (secondary N) is 1. The molecule has 0 unspecified atom stereocenters. The first-order valence-corrected chi connectivity index (χ1v) is 12.9. The molecule has 0 saturated heterocycles. The van der Waals surface area contributed by atoms with Gasteiger partial charge in [0.15, 0.2) is 0 Å². The van der Waals surface area contributed by atoms with Crippen molar-refractivity contribution in [2.75, 3.05) is 0 Å². The van der Waals surface area contributed by atoms with Gasteiger partial charge < -0.3 is 9.38 Å². The summed E-state index contributed by atoms with van der Waals surface area (Å²) >= 11 is 0. The van der Waals surface area contributed by atoms with E-state index in [0.717, 1.165) is 54.6 Å². The molecule has 2 nitrogen and oxygen atoms in total. The normalized spacial score (nSPS) is 12.3. The third kappa shape index (κ3) is 2.90. The summed E-state index contributed by atoms with van der Waals surface area (Å²) < 4.78 is 2.24. The number of hydrogen-bond acceptors (Lipinski definition) is 0. The van der Waals surface area contributed by atoms with E-state index in [0.29, 0.717) is 27.4 Å². The van der Waals surface area contributed by atoms with Gasteiger partial charge in [-0.05, 0) is 34.7 Å². The maximum absolute atomic E-state index is 6.64. The number of aromatic amines is 1. The topological polar surface area (TPSA) is 20.2 Å². The van der Waals surface area contributed by atoms with Gasteiger partial charge in [0.2, 0.25) is 0 Å². The van der Waals surface area contributed by atoms with E-state index in [-0.39, 0.29) is 38.2 Å². The molecule has 0 aliphatic heterocycles. The lowest BCUT2D eigenvalue weighted by molar-refractivity contribution is 1.37. The molecule has 3 heterocycles. The van der Waals surface area contributed by atoms with Gasteiger partial charge in [0.25, 0.3) is 0 Å². The molecule has 18 radical (unpaired) electrons. The van der Waals surface area contributed by atoms with Crippen molar-refractivity contribution in [3.63, 3.8) is 0 Å². The van der Waals surface area contributed by atoms with Crippen LogP contribution in [0.25, 0.3) is 71.0 Å². The standard InChI is InChI=1S/C30H9B9N2/c31-20-16(21(32)24(35)26(37)23(20)34)11-6-5-10-9-3-1-2-4-13(9)41-14-8-7-12-17(18(14)15(11)30(10)41)19-22(33)25(36)27(38)28(39)29(19)40-12/h1-8,40H. The van der Waals surface area contributed by atoms with Crippen molar-refractivity contribution in [2.45, 2.75) is 0 Å². The third-order valence-corrected chi connectivity index (χ3v) is 8.65. The SMILES string of the molecule is [B]c1c([B])c([B])c(-c2ccc3c4ccccc4n4c5ccc6[nH]c7c([B])c([B])c([B])c([B])c7c6c5c2c34)c([B])c1[B]. The van der Waals surface area contributed by atoms with Crippen molar-refractivity contribution in [1.29, 1.82) is 0 Å². The van der Waals surface area contributed by atoms with Crippen LogP contribution in [0, 0.1) is 0 Å². The summed E-state index contributed by atoms with van der Waals surface area (Å²) in [4.78, 5) is 3.43. The lowest BCUT2D eigenvalue weighted by atomic mass is 9.59. The zero-order valence-electron chi connectivity index (χ0n) is 21.8. The van der Waals surface area contributed by atoms with Gasteiger partial charge in [-0.1, -0.05) is 52.2 Å². The molecular formula is C30H9B9N2. The fraction of sp³-hybridized carbons (Fsp3) is 0. The molecule has 5 aromatic carbocycles. The van der Waals surface area contributed by atoms with E-state index in [1.54, 1.807) is 0 Å². The third-order valence-electron chi connectivity index (χ3n) is 8.65. The Morgan fingerprint density at radius 1 is 0.463 bits per heavy atom. The number of benzene rings is 5. The van der Waals surface area contributed by atoms with Crippen molar-refractivity contribution >= 4 is 180 Å². The van der Waals surface area contributed by atoms with E-state index >= 15 is 0 Å². The fourth-order valence-corrected chi connectivity index (χ4v) is 6.66. The van der Waals surface area contributed by atoms with E-state index in [1.165, 1.54) is 0 Å². The number of nitrogens with zero attached hydrogens (tertiary/aromatic N) is 1. The monoisotopic (exact) mass is 496 g/mol. The van der Waals surface area contributed by atoms with Gasteiger partial charge in [-0.25, -0.2) is 0 Å². The van der Waals surface area contributed by atoms with Gasteiger partial charge in [-0.2, -0.15) is 0 Å². The maximum Gasteiger partial charge on any atom is 0.115 e. The van der Waals surface area contributed by atoms with E-state index in [2.05, 4.69) is 33.7 Å². The lowest BCUT2D eigenvalue weighted by Crippen LogP contribution is -2.55. The minimum Gasteiger partial charge on any atom is -0.355 e. The summed E-state index contributed by atoms with van der Waals surface area (Å²) in [5.41, 5.74) is 7.91. The van der Waals surface area contributed by atoms with Crippen LogP contribution in [-0.2, 0) is 0 Å². The van der Waals surface area contributed by atoms with Crippen molar-refractivity contribution < 1.29 is 0 Å². The number of aromatic nitrogens is 2. The minimum absolute atomic E-state index is 0.158. The zero-order valence-corrected chi connectivity index (χ0v) is 21.8. The smallest absolute Gasteiger partial charge is 0.115 e. The van der Waals surface area contributed by atoms with Crippen LogP contribution in [0.1, 0.15) is 0 Å². The molecule has 1 N–H and O–H groups in total. The van der Waals surface area contributed by atoms with E-state index < -0.39 is 0 Å². The predicted octanol–water partition coefficient (Wildman–Crippen LogP) is -2.72. The molecule has 11 heteroatoms. The first-order chi connectivity index (χ1) is 19.6. The molecule has 0 atom stereocenters. The second-order valence-corrected chi connectivity index (χ2v) is 10.6. The van der Waals surface area contributed by atoms with E-state index in [1.807, 2.05) is 24.3 Å². The van der Waals surface area contributed by atoms with E-state index in [4.69, 9.17) is 70.6 Å². The summed E-state index contributed by atoms with van der Waals surface area (Å²) in [6, 6.07) is 16.4. The zero-order chi connectivity index (χ0) is 28.6. The molecule has 41 heavy (non-hydrogen) atoms. The Kier molecular flexibility index (Phi) is 5.00. The first kappa shape index (κ1) is 25.0. The molecule has 166 valence electrons. The molecule has 0 aliphatic carbocycles. The molecule has 8 rings (SSSR count). The molecule has 0 fully saturated rings. The molecular weight excluding hydrogens is 486 g/mol. The average molecular weight is 495 g/mol. The van der Waals surface area contributed by atoms with Gasteiger partial charge in [0.05, 0.1) is 16.6 Å².